The molecule has 0 bridgehead atoms. The van der Waals surface area contributed by atoms with Gasteiger partial charge in [-0.25, -0.2) is 9.97 Å². The fourth-order valence-electron chi connectivity index (χ4n) is 1.51. The van der Waals surface area contributed by atoms with E-state index >= 15 is 0 Å². The molecule has 1 aromatic heterocycles. The molecule has 5 nitrogen and oxygen atoms in total. The van der Waals surface area contributed by atoms with Crippen LogP contribution in [0.2, 0.25) is 5.02 Å². The fraction of sp³-hybridized carbons (Fsp3) is 0.583. The molecular weight excluding hydrogens is 252 g/mol. The molecule has 1 heterocycles. The average Bonchev–Trinajstić information content (AvgIpc) is 2.31. The maximum absolute atomic E-state index is 11.9. The second-order valence-electron chi connectivity index (χ2n) is 4.17. The Labute approximate surface area is 113 Å². The molecule has 1 N–H and O–H groups in total. The highest BCUT2D eigenvalue weighted by Crippen LogP contribution is 2.16. The molecule has 0 aliphatic heterocycles. The van der Waals surface area contributed by atoms with E-state index in [1.807, 2.05) is 32.6 Å². The van der Waals surface area contributed by atoms with Crippen LogP contribution in [-0.2, 0) is 0 Å². The van der Waals surface area contributed by atoms with Crippen LogP contribution in [-0.4, -0.2) is 35.0 Å². The number of halogens is 1. The molecule has 1 amide bonds. The zero-order valence-corrected chi connectivity index (χ0v) is 12.0. The summed E-state index contributed by atoms with van der Waals surface area (Å²) in [5.74, 6) is 0.254. The molecule has 0 radical (unpaired) electrons. The minimum absolute atomic E-state index is 0.0421. The van der Waals surface area contributed by atoms with Crippen molar-refractivity contribution in [1.29, 1.82) is 0 Å². The topological polar surface area (TPSA) is 58.1 Å². The average molecular weight is 271 g/mol. The van der Waals surface area contributed by atoms with E-state index in [-0.39, 0.29) is 22.7 Å². The summed E-state index contributed by atoms with van der Waals surface area (Å²) in [5, 5.41) is 3.04. The summed E-state index contributed by atoms with van der Waals surface area (Å²) < 4.78 is 0. The standard InChI is InChI=1S/C12H19ClN4O/c1-5-17(6-2)12-14-7-9(13)10(16-12)11(18)15-8(3)4/h7-8H,5-6H2,1-4H3,(H,15,18). The van der Waals surface area contributed by atoms with Crippen molar-refractivity contribution in [3.8, 4) is 0 Å². The summed E-state index contributed by atoms with van der Waals surface area (Å²) in [4.78, 5) is 22.3. The molecule has 0 spiro atoms. The molecule has 1 aromatic rings. The molecule has 18 heavy (non-hydrogen) atoms. The Bertz CT molecular complexity index is 419. The SMILES string of the molecule is CCN(CC)c1ncc(Cl)c(C(=O)NC(C)C)n1. The Morgan fingerprint density at radius 2 is 2.06 bits per heavy atom. The van der Waals surface area contributed by atoms with Crippen molar-refractivity contribution in [2.24, 2.45) is 0 Å². The quantitative estimate of drug-likeness (QED) is 0.890. The van der Waals surface area contributed by atoms with Gasteiger partial charge in [0.1, 0.15) is 0 Å². The van der Waals surface area contributed by atoms with Gasteiger partial charge in [-0.15, -0.1) is 0 Å². The number of amides is 1. The van der Waals surface area contributed by atoms with Crippen LogP contribution >= 0.6 is 11.6 Å². The molecule has 1 rings (SSSR count). The van der Waals surface area contributed by atoms with Gasteiger partial charge in [0.2, 0.25) is 5.95 Å². The van der Waals surface area contributed by atoms with Crippen LogP contribution in [0, 0.1) is 0 Å². The summed E-state index contributed by atoms with van der Waals surface area (Å²) in [7, 11) is 0. The summed E-state index contributed by atoms with van der Waals surface area (Å²) in [5.41, 5.74) is 0.224. The highest BCUT2D eigenvalue weighted by atomic mass is 35.5. The Hall–Kier alpha value is -1.36. The monoisotopic (exact) mass is 270 g/mol. The van der Waals surface area contributed by atoms with Crippen LogP contribution in [0.1, 0.15) is 38.2 Å². The van der Waals surface area contributed by atoms with Crippen molar-refractivity contribution in [2.75, 3.05) is 18.0 Å². The van der Waals surface area contributed by atoms with E-state index in [2.05, 4.69) is 15.3 Å². The molecule has 0 aliphatic rings. The van der Waals surface area contributed by atoms with E-state index in [4.69, 9.17) is 11.6 Å². The molecule has 0 fully saturated rings. The largest absolute Gasteiger partial charge is 0.348 e. The van der Waals surface area contributed by atoms with Gasteiger partial charge in [-0.2, -0.15) is 0 Å². The molecule has 0 atom stereocenters. The fourth-order valence-corrected chi connectivity index (χ4v) is 1.68. The van der Waals surface area contributed by atoms with Gasteiger partial charge in [-0.3, -0.25) is 4.79 Å². The van der Waals surface area contributed by atoms with Crippen molar-refractivity contribution >= 4 is 23.5 Å². The lowest BCUT2D eigenvalue weighted by atomic mass is 10.3. The molecule has 100 valence electrons. The maximum Gasteiger partial charge on any atom is 0.271 e. The normalized spacial score (nSPS) is 10.6. The van der Waals surface area contributed by atoms with E-state index in [0.29, 0.717) is 5.95 Å². The van der Waals surface area contributed by atoms with E-state index < -0.39 is 0 Å². The highest BCUT2D eigenvalue weighted by Gasteiger charge is 2.16. The van der Waals surface area contributed by atoms with Crippen molar-refractivity contribution in [2.45, 2.75) is 33.7 Å². The predicted molar refractivity (Wildman–Crippen MR) is 73.2 cm³/mol. The molecule has 0 aromatic carbocycles. The smallest absolute Gasteiger partial charge is 0.271 e. The molecule has 0 aliphatic carbocycles. The van der Waals surface area contributed by atoms with E-state index in [9.17, 15) is 4.79 Å². The summed E-state index contributed by atoms with van der Waals surface area (Å²) in [6.45, 7) is 9.36. The lowest BCUT2D eigenvalue weighted by molar-refractivity contribution is 0.0938. The van der Waals surface area contributed by atoms with Crippen LogP contribution in [0.3, 0.4) is 0 Å². The van der Waals surface area contributed by atoms with Crippen LogP contribution in [0.15, 0.2) is 6.20 Å². The zero-order chi connectivity index (χ0) is 13.7. The Morgan fingerprint density at radius 3 is 2.56 bits per heavy atom. The first-order valence-electron chi connectivity index (χ1n) is 6.07. The van der Waals surface area contributed by atoms with E-state index in [1.165, 1.54) is 6.20 Å². The van der Waals surface area contributed by atoms with Gasteiger partial charge < -0.3 is 10.2 Å². The van der Waals surface area contributed by atoms with Crippen LogP contribution in [0.5, 0.6) is 0 Å². The van der Waals surface area contributed by atoms with Crippen molar-refractivity contribution in [3.63, 3.8) is 0 Å². The number of carbonyl (C=O) groups is 1. The third kappa shape index (κ3) is 3.57. The number of hydrogen-bond acceptors (Lipinski definition) is 4. The maximum atomic E-state index is 11.9. The Morgan fingerprint density at radius 1 is 1.44 bits per heavy atom. The van der Waals surface area contributed by atoms with Gasteiger partial charge in [0.25, 0.3) is 5.91 Å². The lowest BCUT2D eigenvalue weighted by Gasteiger charge is -2.19. The number of anilines is 1. The zero-order valence-electron chi connectivity index (χ0n) is 11.2. The van der Waals surface area contributed by atoms with Gasteiger partial charge in [-0.05, 0) is 27.7 Å². The van der Waals surface area contributed by atoms with Crippen LogP contribution < -0.4 is 10.2 Å². The molecule has 6 heteroatoms. The second kappa shape index (κ2) is 6.54. The first-order valence-corrected chi connectivity index (χ1v) is 6.45. The van der Waals surface area contributed by atoms with Gasteiger partial charge in [-0.1, -0.05) is 11.6 Å². The van der Waals surface area contributed by atoms with Crippen LogP contribution in [0.4, 0.5) is 5.95 Å². The lowest BCUT2D eigenvalue weighted by Crippen LogP contribution is -2.32. The van der Waals surface area contributed by atoms with Gasteiger partial charge in [0.05, 0.1) is 11.2 Å². The minimum Gasteiger partial charge on any atom is -0.348 e. The van der Waals surface area contributed by atoms with E-state index in [1.54, 1.807) is 0 Å². The number of nitrogens with zero attached hydrogens (tertiary/aromatic N) is 3. The van der Waals surface area contributed by atoms with E-state index in [0.717, 1.165) is 13.1 Å². The number of aromatic nitrogens is 2. The second-order valence-corrected chi connectivity index (χ2v) is 4.57. The summed E-state index contributed by atoms with van der Waals surface area (Å²) >= 11 is 5.96. The van der Waals surface area contributed by atoms with Crippen molar-refractivity contribution in [1.82, 2.24) is 15.3 Å². The number of hydrogen-bond donors (Lipinski definition) is 1. The molecule has 0 saturated carbocycles. The van der Waals surface area contributed by atoms with Gasteiger partial charge in [0, 0.05) is 19.1 Å². The molecular formula is C12H19ClN4O. The minimum atomic E-state index is -0.272. The highest BCUT2D eigenvalue weighted by molar-refractivity contribution is 6.33. The van der Waals surface area contributed by atoms with Crippen LogP contribution in [0.25, 0.3) is 0 Å². The summed E-state index contributed by atoms with van der Waals surface area (Å²) in [6, 6.07) is 0.0421. The third-order valence-corrected chi connectivity index (χ3v) is 2.69. The summed E-state index contributed by atoms with van der Waals surface area (Å²) in [6.07, 6.45) is 1.47. The number of carbonyl (C=O) groups excluding carboxylic acids is 1. The third-order valence-electron chi connectivity index (χ3n) is 2.41. The number of rotatable bonds is 5. The molecule has 0 saturated heterocycles. The van der Waals surface area contributed by atoms with Gasteiger partial charge >= 0.3 is 0 Å². The first kappa shape index (κ1) is 14.7. The molecule has 0 unspecified atom stereocenters. The number of nitrogens with one attached hydrogen (secondary N) is 1. The van der Waals surface area contributed by atoms with Gasteiger partial charge in [0.15, 0.2) is 5.69 Å². The predicted octanol–water partition coefficient (Wildman–Crippen LogP) is 2.11. The first-order chi connectivity index (χ1) is 8.49. The van der Waals surface area contributed by atoms with Crippen molar-refractivity contribution in [3.05, 3.63) is 16.9 Å². The Balaban J connectivity index is 3.04. The Kier molecular flexibility index (Phi) is 5.34. The van der Waals surface area contributed by atoms with Crippen molar-refractivity contribution < 1.29 is 4.79 Å².